The minimum absolute atomic E-state index is 0.141. The molecule has 8 nitrogen and oxygen atoms in total. The number of aliphatic hydroxyl groups is 3. The Morgan fingerprint density at radius 3 is 2.71 bits per heavy atom. The molecular weight excluding hydrogens is 278 g/mol. The Morgan fingerprint density at radius 1 is 1.43 bits per heavy atom. The van der Waals surface area contributed by atoms with Crippen molar-refractivity contribution in [1.82, 2.24) is 10.3 Å². The lowest BCUT2D eigenvalue weighted by Crippen LogP contribution is -2.63. The van der Waals surface area contributed by atoms with E-state index in [9.17, 15) is 15.0 Å². The Balaban J connectivity index is 2.07. The topological polar surface area (TPSA) is 138 Å². The predicted molar refractivity (Wildman–Crippen MR) is 73.3 cm³/mol. The van der Waals surface area contributed by atoms with Crippen LogP contribution in [-0.4, -0.2) is 63.3 Å². The molecule has 0 aliphatic carbocycles. The molecule has 0 spiro atoms. The van der Waals surface area contributed by atoms with E-state index in [-0.39, 0.29) is 5.69 Å². The van der Waals surface area contributed by atoms with Crippen molar-refractivity contribution in [2.24, 2.45) is 0 Å². The first-order valence-corrected chi connectivity index (χ1v) is 6.59. The van der Waals surface area contributed by atoms with Crippen LogP contribution in [0.4, 0.5) is 5.69 Å². The highest BCUT2D eigenvalue weighted by molar-refractivity contribution is 5.92. The van der Waals surface area contributed by atoms with E-state index in [0.717, 1.165) is 0 Å². The molecule has 116 valence electrons. The van der Waals surface area contributed by atoms with Crippen molar-refractivity contribution in [2.75, 3.05) is 12.3 Å². The van der Waals surface area contributed by atoms with Crippen LogP contribution in [0.2, 0.25) is 0 Å². The first kappa shape index (κ1) is 15.6. The van der Waals surface area contributed by atoms with Gasteiger partial charge >= 0.3 is 0 Å². The van der Waals surface area contributed by atoms with Gasteiger partial charge in [0.05, 0.1) is 30.6 Å². The molecule has 5 atom stereocenters. The molecule has 1 aromatic heterocycles. The molecule has 1 amide bonds. The number of carbonyl (C=O) groups excluding carboxylic acids is 1. The summed E-state index contributed by atoms with van der Waals surface area (Å²) >= 11 is 0. The van der Waals surface area contributed by atoms with Crippen molar-refractivity contribution >= 4 is 11.6 Å². The molecule has 1 aliphatic heterocycles. The van der Waals surface area contributed by atoms with Crippen molar-refractivity contribution in [3.05, 3.63) is 24.0 Å². The van der Waals surface area contributed by atoms with Gasteiger partial charge in [-0.3, -0.25) is 4.79 Å². The van der Waals surface area contributed by atoms with E-state index in [1.807, 2.05) is 0 Å². The maximum atomic E-state index is 12.1. The highest BCUT2D eigenvalue weighted by Gasteiger charge is 2.43. The lowest BCUT2D eigenvalue weighted by Gasteiger charge is -2.41. The van der Waals surface area contributed by atoms with Gasteiger partial charge in [-0.1, -0.05) is 0 Å². The van der Waals surface area contributed by atoms with Gasteiger partial charge in [0.2, 0.25) is 0 Å². The molecule has 8 heteroatoms. The molecule has 1 aromatic rings. The van der Waals surface area contributed by atoms with E-state index < -0.39 is 43.0 Å². The number of nitrogens with one attached hydrogen (secondary N) is 1. The van der Waals surface area contributed by atoms with Crippen LogP contribution in [0.3, 0.4) is 0 Å². The number of ether oxygens (including phenoxy) is 1. The fraction of sp³-hybridized carbons (Fsp3) is 0.538. The van der Waals surface area contributed by atoms with Crippen LogP contribution in [0.5, 0.6) is 0 Å². The number of aliphatic hydroxyl groups excluding tert-OH is 3. The minimum Gasteiger partial charge on any atom is -0.397 e. The van der Waals surface area contributed by atoms with Gasteiger partial charge in [0, 0.05) is 0 Å². The monoisotopic (exact) mass is 297 g/mol. The minimum atomic E-state index is -1.28. The fourth-order valence-electron chi connectivity index (χ4n) is 2.27. The zero-order chi connectivity index (χ0) is 15.6. The quantitative estimate of drug-likeness (QED) is 0.446. The number of anilines is 1. The van der Waals surface area contributed by atoms with Gasteiger partial charge in [-0.15, -0.1) is 0 Å². The lowest BCUT2D eigenvalue weighted by atomic mass is 9.93. The summed E-state index contributed by atoms with van der Waals surface area (Å²) in [5.74, 6) is -0.510. The molecule has 0 saturated carbocycles. The van der Waals surface area contributed by atoms with Gasteiger partial charge in [-0.25, -0.2) is 4.98 Å². The second-order valence-corrected chi connectivity index (χ2v) is 5.02. The number of hydrogen-bond donors (Lipinski definition) is 5. The third-order valence-corrected chi connectivity index (χ3v) is 3.49. The molecular formula is C13H19N3O5. The van der Waals surface area contributed by atoms with E-state index >= 15 is 0 Å². The van der Waals surface area contributed by atoms with Gasteiger partial charge < -0.3 is 31.1 Å². The Hall–Kier alpha value is -1.74. The molecule has 0 bridgehead atoms. The number of nitrogens with zero attached hydrogens (tertiary/aromatic N) is 1. The van der Waals surface area contributed by atoms with Crippen LogP contribution in [0, 0.1) is 0 Å². The lowest BCUT2D eigenvalue weighted by molar-refractivity contribution is -0.187. The second-order valence-electron chi connectivity index (χ2n) is 5.02. The van der Waals surface area contributed by atoms with Gasteiger partial charge in [0.1, 0.15) is 24.0 Å². The van der Waals surface area contributed by atoms with Gasteiger partial charge in [0.25, 0.3) is 5.91 Å². The van der Waals surface area contributed by atoms with Crippen molar-refractivity contribution in [2.45, 2.75) is 37.4 Å². The largest absolute Gasteiger partial charge is 0.397 e. The number of pyridine rings is 1. The molecule has 6 N–H and O–H groups in total. The first-order valence-electron chi connectivity index (χ1n) is 6.59. The van der Waals surface area contributed by atoms with E-state index in [1.165, 1.54) is 18.3 Å². The summed E-state index contributed by atoms with van der Waals surface area (Å²) in [5, 5.41) is 31.5. The maximum absolute atomic E-state index is 12.1. The molecule has 1 fully saturated rings. The van der Waals surface area contributed by atoms with E-state index in [0.29, 0.717) is 5.69 Å². The Morgan fingerprint density at radius 2 is 2.14 bits per heavy atom. The van der Waals surface area contributed by atoms with Crippen LogP contribution in [-0.2, 0) is 4.74 Å². The van der Waals surface area contributed by atoms with Crippen LogP contribution >= 0.6 is 0 Å². The molecule has 1 saturated heterocycles. The number of carbonyl (C=O) groups is 1. The average Bonchev–Trinajstić information content (AvgIpc) is 2.47. The first-order chi connectivity index (χ1) is 9.93. The molecule has 21 heavy (non-hydrogen) atoms. The number of aromatic nitrogens is 1. The van der Waals surface area contributed by atoms with Crippen LogP contribution in [0.15, 0.2) is 18.3 Å². The van der Waals surface area contributed by atoms with Crippen LogP contribution in [0.25, 0.3) is 0 Å². The number of nitrogens with two attached hydrogens (primary N) is 1. The molecule has 2 heterocycles. The van der Waals surface area contributed by atoms with E-state index in [1.54, 1.807) is 6.92 Å². The van der Waals surface area contributed by atoms with Crippen LogP contribution in [0.1, 0.15) is 17.4 Å². The Bertz CT molecular complexity index is 495. The van der Waals surface area contributed by atoms with Crippen molar-refractivity contribution < 1.29 is 24.9 Å². The second kappa shape index (κ2) is 6.35. The Kier molecular flexibility index (Phi) is 4.73. The van der Waals surface area contributed by atoms with Gasteiger partial charge in [-0.2, -0.15) is 0 Å². The SMILES string of the molecule is C[C@H]1OC(CO)[C@H](O)[C@H](O)C1NC(=O)c1ccc(N)cn1. The third kappa shape index (κ3) is 3.30. The summed E-state index contributed by atoms with van der Waals surface area (Å²) in [6, 6.07) is 2.18. The Labute approximate surface area is 121 Å². The molecule has 2 rings (SSSR count). The fourth-order valence-corrected chi connectivity index (χ4v) is 2.27. The highest BCUT2D eigenvalue weighted by Crippen LogP contribution is 2.21. The standard InChI is InChI=1S/C13H19N3O5/c1-6-10(12(19)11(18)9(5-17)21-6)16-13(20)8-3-2-7(14)4-15-8/h2-4,6,9-12,17-19H,5,14H2,1H3,(H,16,20)/t6-,9?,10?,11+,12-/m1/s1. The zero-order valence-corrected chi connectivity index (χ0v) is 11.5. The zero-order valence-electron chi connectivity index (χ0n) is 11.5. The molecule has 0 aromatic carbocycles. The van der Waals surface area contributed by atoms with E-state index in [2.05, 4.69) is 10.3 Å². The predicted octanol–water partition coefficient (Wildman–Crippen LogP) is -1.74. The normalized spacial score (nSPS) is 32.7. The summed E-state index contributed by atoms with van der Waals surface area (Å²) in [7, 11) is 0. The smallest absolute Gasteiger partial charge is 0.270 e. The average molecular weight is 297 g/mol. The summed E-state index contributed by atoms with van der Waals surface area (Å²) in [6.07, 6.45) is -2.63. The number of nitrogen functional groups attached to an aromatic ring is 1. The van der Waals surface area contributed by atoms with Crippen molar-refractivity contribution in [3.8, 4) is 0 Å². The number of hydrogen-bond acceptors (Lipinski definition) is 7. The molecule has 1 aliphatic rings. The third-order valence-electron chi connectivity index (χ3n) is 3.49. The highest BCUT2D eigenvalue weighted by atomic mass is 16.5. The number of amides is 1. The molecule has 2 unspecified atom stereocenters. The van der Waals surface area contributed by atoms with Crippen LogP contribution < -0.4 is 11.1 Å². The van der Waals surface area contributed by atoms with E-state index in [4.69, 9.17) is 15.6 Å². The molecule has 0 radical (unpaired) electrons. The summed E-state index contributed by atoms with van der Waals surface area (Å²) in [4.78, 5) is 15.9. The maximum Gasteiger partial charge on any atom is 0.270 e. The summed E-state index contributed by atoms with van der Waals surface area (Å²) in [6.45, 7) is 1.22. The van der Waals surface area contributed by atoms with Crippen molar-refractivity contribution in [1.29, 1.82) is 0 Å². The van der Waals surface area contributed by atoms with Crippen molar-refractivity contribution in [3.63, 3.8) is 0 Å². The number of rotatable bonds is 3. The summed E-state index contributed by atoms with van der Waals surface area (Å²) in [5.41, 5.74) is 6.07. The van der Waals surface area contributed by atoms with Gasteiger partial charge in [-0.05, 0) is 19.1 Å². The van der Waals surface area contributed by atoms with Gasteiger partial charge in [0.15, 0.2) is 0 Å². The summed E-state index contributed by atoms with van der Waals surface area (Å²) < 4.78 is 5.37.